The van der Waals surface area contributed by atoms with Gasteiger partial charge < -0.3 is 34.5 Å². The molecule has 2 aromatic carbocycles. The van der Waals surface area contributed by atoms with Crippen molar-refractivity contribution in [3.05, 3.63) is 59.5 Å². The zero-order valence-electron chi connectivity index (χ0n) is 36.1. The van der Waals surface area contributed by atoms with Gasteiger partial charge in [-0.15, -0.1) is 13.2 Å². The number of H-pyrrole nitrogens is 1. The molecule has 3 aromatic rings. The molecule has 1 unspecified atom stereocenters. The highest BCUT2D eigenvalue weighted by Gasteiger charge is 2.42. The van der Waals surface area contributed by atoms with Gasteiger partial charge in [0.15, 0.2) is 0 Å². The maximum absolute atomic E-state index is 13.8. The number of piperidine rings is 1. The Labute approximate surface area is 364 Å². The fourth-order valence-electron chi connectivity index (χ4n) is 8.21. The first-order valence-electron chi connectivity index (χ1n) is 20.9. The molecule has 4 heterocycles. The molecule has 0 saturated carbocycles. The van der Waals surface area contributed by atoms with Crippen LogP contribution in [-0.2, 0) is 19.1 Å². The summed E-state index contributed by atoms with van der Waals surface area (Å²) in [6.07, 6.45) is -2.33. The van der Waals surface area contributed by atoms with E-state index >= 15 is 0 Å². The first-order valence-corrected chi connectivity index (χ1v) is 21.3. The van der Waals surface area contributed by atoms with E-state index in [1.54, 1.807) is 22.1 Å². The van der Waals surface area contributed by atoms with Crippen molar-refractivity contribution in [2.75, 3.05) is 58.0 Å². The van der Waals surface area contributed by atoms with Gasteiger partial charge in [0.05, 0.1) is 29.6 Å². The van der Waals surface area contributed by atoms with Crippen molar-refractivity contribution in [3.8, 4) is 22.4 Å². The van der Waals surface area contributed by atoms with Crippen LogP contribution in [0.15, 0.2) is 48.7 Å². The number of nitrogens with zero attached hydrogens (tertiary/aromatic N) is 6. The third kappa shape index (κ3) is 11.3. The van der Waals surface area contributed by atoms with E-state index in [4.69, 9.17) is 26.1 Å². The molecule has 0 spiro atoms. The van der Waals surface area contributed by atoms with Crippen molar-refractivity contribution in [1.82, 2.24) is 34.9 Å². The second-order valence-corrected chi connectivity index (χ2v) is 17.9. The van der Waals surface area contributed by atoms with Gasteiger partial charge in [-0.1, -0.05) is 62.7 Å². The zero-order valence-corrected chi connectivity index (χ0v) is 36.9. The number of alkyl carbamates (subject to hydrolysis) is 1. The van der Waals surface area contributed by atoms with E-state index in [-0.39, 0.29) is 64.8 Å². The number of carbonyl (C=O) groups excluding carboxylic acids is 4. The van der Waals surface area contributed by atoms with Crippen molar-refractivity contribution < 1.29 is 46.7 Å². The van der Waals surface area contributed by atoms with Gasteiger partial charge in [-0.2, -0.15) is 9.90 Å². The summed E-state index contributed by atoms with van der Waals surface area (Å²) < 4.78 is 51.5. The number of hydrogen-bond acceptors (Lipinski definition) is 9. The summed E-state index contributed by atoms with van der Waals surface area (Å²) in [5, 5.41) is 2.75. The highest BCUT2D eigenvalue weighted by atomic mass is 35.5. The Kier molecular flexibility index (Phi) is 14.3. The van der Waals surface area contributed by atoms with Gasteiger partial charge in [0.2, 0.25) is 5.91 Å². The number of rotatable bonds is 9. The highest BCUT2D eigenvalue weighted by molar-refractivity contribution is 6.34. The number of likely N-dealkylation sites (tertiary alicyclic amines) is 2. The summed E-state index contributed by atoms with van der Waals surface area (Å²) in [5.74, 6) is 0.432. The van der Waals surface area contributed by atoms with Crippen molar-refractivity contribution in [2.24, 2.45) is 11.8 Å². The van der Waals surface area contributed by atoms with Crippen molar-refractivity contribution >= 4 is 41.4 Å². The third-order valence-corrected chi connectivity index (χ3v) is 11.7. The number of imidazole rings is 1. The predicted molar refractivity (Wildman–Crippen MR) is 226 cm³/mol. The SMILES string of the molecule is COC(=O)NC(C(=O)N1C[C@@H](C)C[C@H]1c1nc(-c2ccc(-c3ccc(N(OC(F)(F)F)C(=O)N4CCN(C5CCN(C(=O)OC(C)(C)C)CC5)CC4)c(Cl)c3)cc2)c[nH]1)C(C)C. The van der Waals surface area contributed by atoms with Crippen molar-refractivity contribution in [3.63, 3.8) is 0 Å². The summed E-state index contributed by atoms with van der Waals surface area (Å²) in [6.45, 7) is 14.0. The van der Waals surface area contributed by atoms with Gasteiger partial charge in [0.1, 0.15) is 17.5 Å². The Balaban J connectivity index is 1.10. The van der Waals surface area contributed by atoms with Crippen LogP contribution in [0.1, 0.15) is 72.7 Å². The number of alkyl halides is 3. The number of benzene rings is 2. The molecule has 6 rings (SSSR count). The molecule has 338 valence electrons. The maximum Gasteiger partial charge on any atom is 0.544 e. The number of hydroxylamine groups is 1. The van der Waals surface area contributed by atoms with E-state index in [0.717, 1.165) is 5.56 Å². The average molecular weight is 889 g/mol. The van der Waals surface area contributed by atoms with E-state index in [1.807, 2.05) is 58.9 Å². The second kappa shape index (κ2) is 19.1. The number of amides is 5. The first-order chi connectivity index (χ1) is 29.2. The second-order valence-electron chi connectivity index (χ2n) is 17.5. The van der Waals surface area contributed by atoms with Crippen LogP contribution >= 0.6 is 11.6 Å². The number of aromatic nitrogens is 2. The summed E-state index contributed by atoms with van der Waals surface area (Å²) in [4.78, 5) is 71.2. The van der Waals surface area contributed by atoms with E-state index in [9.17, 15) is 32.3 Å². The van der Waals surface area contributed by atoms with Crippen LogP contribution in [0.5, 0.6) is 0 Å². The van der Waals surface area contributed by atoms with Crippen molar-refractivity contribution in [2.45, 2.75) is 90.9 Å². The largest absolute Gasteiger partial charge is 0.544 e. The minimum absolute atomic E-state index is 0.122. The molecule has 3 fully saturated rings. The van der Waals surface area contributed by atoms with Crippen molar-refractivity contribution in [1.29, 1.82) is 0 Å². The monoisotopic (exact) mass is 888 g/mol. The minimum Gasteiger partial charge on any atom is -0.453 e. The molecule has 3 saturated heterocycles. The number of anilines is 1. The predicted octanol–water partition coefficient (Wildman–Crippen LogP) is 8.08. The number of ether oxygens (including phenoxy) is 2. The molecule has 3 aliphatic rings. The Bertz CT molecular complexity index is 2060. The number of piperazine rings is 1. The van der Waals surface area contributed by atoms with E-state index in [0.29, 0.717) is 74.6 Å². The molecule has 3 atom stereocenters. The molecule has 3 aliphatic heterocycles. The van der Waals surface area contributed by atoms with Crippen LogP contribution in [0.4, 0.5) is 33.2 Å². The number of halogens is 4. The molecule has 5 amide bonds. The van der Waals surface area contributed by atoms with E-state index in [2.05, 4.69) is 27.0 Å². The van der Waals surface area contributed by atoms with Crippen LogP contribution in [-0.4, -0.2) is 131 Å². The molecule has 0 bridgehead atoms. The average Bonchev–Trinajstić information content (AvgIpc) is 3.88. The lowest BCUT2D eigenvalue weighted by Gasteiger charge is -2.43. The lowest BCUT2D eigenvalue weighted by molar-refractivity contribution is -0.325. The van der Waals surface area contributed by atoms with Gasteiger partial charge in [-0.05, 0) is 75.1 Å². The molecule has 0 radical (unpaired) electrons. The summed E-state index contributed by atoms with van der Waals surface area (Å²) in [7, 11) is 1.25. The molecule has 19 heteroatoms. The number of methoxy groups -OCH3 is 1. The van der Waals surface area contributed by atoms with Crippen LogP contribution in [0.25, 0.3) is 22.4 Å². The van der Waals surface area contributed by atoms with Gasteiger partial charge in [-0.3, -0.25) is 9.69 Å². The summed E-state index contributed by atoms with van der Waals surface area (Å²) >= 11 is 6.61. The quantitative estimate of drug-likeness (QED) is 0.203. The minimum atomic E-state index is -5.18. The topological polar surface area (TPSA) is 153 Å². The van der Waals surface area contributed by atoms with Gasteiger partial charge >= 0.3 is 24.6 Å². The normalized spacial score (nSPS) is 19.7. The van der Waals surface area contributed by atoms with E-state index < -0.39 is 30.1 Å². The van der Waals surface area contributed by atoms with Crippen LogP contribution in [0, 0.1) is 11.8 Å². The number of hydrogen-bond donors (Lipinski definition) is 2. The Morgan fingerprint density at radius 3 is 2.13 bits per heavy atom. The number of urea groups is 1. The summed E-state index contributed by atoms with van der Waals surface area (Å²) in [6, 6.07) is 9.78. The van der Waals surface area contributed by atoms with Gasteiger partial charge in [0, 0.05) is 63.6 Å². The van der Waals surface area contributed by atoms with Gasteiger partial charge in [0.25, 0.3) is 0 Å². The fraction of sp³-hybridized carbons (Fsp3) is 0.558. The van der Waals surface area contributed by atoms with Crippen LogP contribution < -0.4 is 10.4 Å². The molecule has 2 N–H and O–H groups in total. The molecule has 1 aromatic heterocycles. The molecule has 62 heavy (non-hydrogen) atoms. The maximum atomic E-state index is 13.8. The third-order valence-electron chi connectivity index (χ3n) is 11.4. The number of carbonyl (C=O) groups is 4. The molecule has 0 aliphatic carbocycles. The molecular weight excluding hydrogens is 833 g/mol. The van der Waals surface area contributed by atoms with E-state index in [1.165, 1.54) is 24.1 Å². The zero-order chi connectivity index (χ0) is 45.1. The lowest BCUT2D eigenvalue weighted by Crippen LogP contribution is -2.57. The Morgan fingerprint density at radius 1 is 0.919 bits per heavy atom. The van der Waals surface area contributed by atoms with Crippen LogP contribution in [0.2, 0.25) is 5.02 Å². The number of nitrogens with one attached hydrogen (secondary N) is 2. The van der Waals surface area contributed by atoms with Crippen LogP contribution in [0.3, 0.4) is 0 Å². The first kappa shape index (κ1) is 46.4. The van der Waals surface area contributed by atoms with Gasteiger partial charge in [-0.25, -0.2) is 19.4 Å². The smallest absolute Gasteiger partial charge is 0.453 e. The molecular formula is C43H56ClF3N8O7. The highest BCUT2D eigenvalue weighted by Crippen LogP contribution is 2.38. The number of aromatic amines is 1. The lowest BCUT2D eigenvalue weighted by atomic mass is 10.0. The Hall–Kier alpha value is -5.07. The fourth-order valence-corrected chi connectivity index (χ4v) is 8.47. The molecule has 15 nitrogen and oxygen atoms in total. The standard InChI is InChI=1S/C43H56ClF3N8O7/c1-26(2)36(50-39(57)60-7)38(56)54-25-27(3)22-35(54)37-48-24-33(49-37)29-10-8-28(9-11-29)30-12-13-34(32(44)23-30)55(62-43(45,46)47)40(58)52-20-18-51(19-21-52)31-14-16-53(17-15-31)41(59)61-42(4,5)6/h8-13,23-24,26-27,31,35-36H,14-22,25H2,1-7H3,(H,48,49)(H,50,57)/t27-,35-,36?/m0/s1. The summed E-state index contributed by atoms with van der Waals surface area (Å²) in [5.41, 5.74) is 1.86. The Morgan fingerprint density at radius 2 is 1.55 bits per heavy atom.